The molecule has 0 aliphatic rings. The summed E-state index contributed by atoms with van der Waals surface area (Å²) in [4.78, 5) is 8.01. The quantitative estimate of drug-likeness (QED) is 0.766. The summed E-state index contributed by atoms with van der Waals surface area (Å²) < 4.78 is 0. The topological polar surface area (TPSA) is 58.0 Å². The van der Waals surface area contributed by atoms with Gasteiger partial charge in [-0.1, -0.05) is 30.3 Å². The molecular weight excluding hydrogens is 202 g/mol. The summed E-state index contributed by atoms with van der Waals surface area (Å²) in [6.45, 7) is 1.67. The van der Waals surface area contributed by atoms with Gasteiger partial charge in [0.1, 0.15) is 0 Å². The Labute approximate surface area is 94.0 Å². The maximum absolute atomic E-state index is 10.2. The van der Waals surface area contributed by atoms with Crippen LogP contribution in [0.1, 0.15) is 12.5 Å². The lowest BCUT2D eigenvalue weighted by Gasteiger charge is -2.24. The largest absolute Gasteiger partial charge is 0.367 e. The van der Waals surface area contributed by atoms with Crippen LogP contribution in [0.2, 0.25) is 0 Å². The van der Waals surface area contributed by atoms with Gasteiger partial charge in [-0.15, -0.1) is 0 Å². The van der Waals surface area contributed by atoms with Crippen molar-refractivity contribution in [1.29, 1.82) is 0 Å². The van der Waals surface area contributed by atoms with E-state index in [1.54, 1.807) is 25.4 Å². The van der Waals surface area contributed by atoms with Gasteiger partial charge < -0.3 is 10.4 Å². The number of benzene rings is 1. The highest BCUT2D eigenvalue weighted by Crippen LogP contribution is 2.20. The third-order valence-electron chi connectivity index (χ3n) is 2.26. The van der Waals surface area contributed by atoms with Gasteiger partial charge in [0.2, 0.25) is 5.95 Å². The van der Waals surface area contributed by atoms with E-state index < -0.39 is 5.72 Å². The van der Waals surface area contributed by atoms with E-state index in [0.717, 1.165) is 5.56 Å². The van der Waals surface area contributed by atoms with E-state index >= 15 is 0 Å². The van der Waals surface area contributed by atoms with Crippen LogP contribution >= 0.6 is 0 Å². The van der Waals surface area contributed by atoms with Crippen LogP contribution < -0.4 is 5.32 Å². The van der Waals surface area contributed by atoms with E-state index in [9.17, 15) is 5.11 Å². The van der Waals surface area contributed by atoms with E-state index in [4.69, 9.17) is 0 Å². The van der Waals surface area contributed by atoms with E-state index in [0.29, 0.717) is 5.95 Å². The molecule has 0 amide bonds. The van der Waals surface area contributed by atoms with Gasteiger partial charge >= 0.3 is 0 Å². The molecule has 1 heterocycles. The first-order chi connectivity index (χ1) is 7.68. The molecule has 0 radical (unpaired) electrons. The molecule has 1 aromatic heterocycles. The Bertz CT molecular complexity index is 442. The molecule has 0 saturated carbocycles. The van der Waals surface area contributed by atoms with Crippen molar-refractivity contribution < 1.29 is 5.11 Å². The molecule has 0 fully saturated rings. The van der Waals surface area contributed by atoms with Crippen LogP contribution in [-0.2, 0) is 5.72 Å². The highest BCUT2D eigenvalue weighted by atomic mass is 16.3. The van der Waals surface area contributed by atoms with Crippen molar-refractivity contribution in [3.05, 3.63) is 54.4 Å². The Morgan fingerprint density at radius 2 is 1.69 bits per heavy atom. The SMILES string of the molecule is CC(O)(Nc1ncccn1)c1ccccc1. The van der Waals surface area contributed by atoms with Crippen LogP contribution in [0, 0.1) is 0 Å². The molecule has 4 nitrogen and oxygen atoms in total. The maximum Gasteiger partial charge on any atom is 0.225 e. The summed E-state index contributed by atoms with van der Waals surface area (Å²) >= 11 is 0. The standard InChI is InChI=1S/C12H13N3O/c1-12(16,10-6-3-2-4-7-10)15-11-13-8-5-9-14-11/h2-9,16H,1H3,(H,13,14,15). The van der Waals surface area contributed by atoms with Gasteiger partial charge in [-0.3, -0.25) is 0 Å². The number of nitrogens with one attached hydrogen (secondary N) is 1. The van der Waals surface area contributed by atoms with Crippen LogP contribution in [0.25, 0.3) is 0 Å². The lowest BCUT2D eigenvalue weighted by Crippen LogP contribution is -2.32. The number of aromatic nitrogens is 2. The van der Waals surface area contributed by atoms with Crippen molar-refractivity contribution in [2.45, 2.75) is 12.6 Å². The Balaban J connectivity index is 2.21. The van der Waals surface area contributed by atoms with Crippen molar-refractivity contribution >= 4 is 5.95 Å². The molecule has 1 atom stereocenters. The summed E-state index contributed by atoms with van der Waals surface area (Å²) in [5.41, 5.74) is -0.412. The molecule has 2 rings (SSSR count). The van der Waals surface area contributed by atoms with Crippen molar-refractivity contribution in [3.63, 3.8) is 0 Å². The van der Waals surface area contributed by atoms with Gasteiger partial charge in [-0.2, -0.15) is 0 Å². The Morgan fingerprint density at radius 3 is 2.31 bits per heavy atom. The van der Waals surface area contributed by atoms with Crippen molar-refractivity contribution in [2.75, 3.05) is 5.32 Å². The van der Waals surface area contributed by atoms with Gasteiger partial charge in [-0.25, -0.2) is 9.97 Å². The normalized spacial score (nSPS) is 14.1. The number of aliphatic hydroxyl groups is 1. The van der Waals surface area contributed by atoms with Crippen LogP contribution in [0.15, 0.2) is 48.8 Å². The summed E-state index contributed by atoms with van der Waals surface area (Å²) in [7, 11) is 0. The fraction of sp³-hybridized carbons (Fsp3) is 0.167. The third kappa shape index (κ3) is 2.35. The number of hydrogen-bond acceptors (Lipinski definition) is 4. The van der Waals surface area contributed by atoms with Gasteiger partial charge in [-0.05, 0) is 13.0 Å². The summed E-state index contributed by atoms with van der Waals surface area (Å²) in [6.07, 6.45) is 3.24. The molecule has 4 heteroatoms. The van der Waals surface area contributed by atoms with Crippen molar-refractivity contribution in [1.82, 2.24) is 9.97 Å². The Morgan fingerprint density at radius 1 is 1.06 bits per heavy atom. The molecule has 0 bridgehead atoms. The van der Waals surface area contributed by atoms with Gasteiger partial charge in [0.05, 0.1) is 0 Å². The molecule has 82 valence electrons. The predicted octanol–water partition coefficient (Wildman–Crippen LogP) is 1.75. The molecule has 2 aromatic rings. The first kappa shape index (κ1) is 10.6. The van der Waals surface area contributed by atoms with Crippen LogP contribution in [0.4, 0.5) is 5.95 Å². The highest BCUT2D eigenvalue weighted by molar-refractivity contribution is 5.33. The minimum absolute atomic E-state index is 0.399. The number of nitrogens with zero attached hydrogens (tertiary/aromatic N) is 2. The number of anilines is 1. The molecular formula is C12H13N3O. The minimum Gasteiger partial charge on any atom is -0.367 e. The van der Waals surface area contributed by atoms with E-state index in [1.807, 2.05) is 30.3 Å². The maximum atomic E-state index is 10.2. The highest BCUT2D eigenvalue weighted by Gasteiger charge is 2.22. The minimum atomic E-state index is -1.18. The molecule has 2 N–H and O–H groups in total. The molecule has 0 aliphatic carbocycles. The molecule has 0 saturated heterocycles. The molecule has 0 spiro atoms. The van der Waals surface area contributed by atoms with Gasteiger partial charge in [0.25, 0.3) is 0 Å². The number of hydrogen-bond donors (Lipinski definition) is 2. The fourth-order valence-electron chi connectivity index (χ4n) is 1.42. The van der Waals surface area contributed by atoms with Crippen LogP contribution in [0.5, 0.6) is 0 Å². The second-order valence-electron chi connectivity index (χ2n) is 3.64. The molecule has 1 unspecified atom stereocenters. The first-order valence-electron chi connectivity index (χ1n) is 5.01. The monoisotopic (exact) mass is 215 g/mol. The van der Waals surface area contributed by atoms with E-state index in [-0.39, 0.29) is 0 Å². The smallest absolute Gasteiger partial charge is 0.225 e. The lowest BCUT2D eigenvalue weighted by molar-refractivity contribution is 0.0878. The zero-order valence-corrected chi connectivity index (χ0v) is 8.96. The molecule has 0 aliphatic heterocycles. The third-order valence-corrected chi connectivity index (χ3v) is 2.26. The van der Waals surface area contributed by atoms with Crippen LogP contribution in [0.3, 0.4) is 0 Å². The van der Waals surface area contributed by atoms with Gasteiger partial charge in [0.15, 0.2) is 5.72 Å². The van der Waals surface area contributed by atoms with Gasteiger partial charge in [0, 0.05) is 18.0 Å². The second kappa shape index (κ2) is 4.28. The average Bonchev–Trinajstić information content (AvgIpc) is 2.31. The number of rotatable bonds is 3. The molecule has 16 heavy (non-hydrogen) atoms. The van der Waals surface area contributed by atoms with Crippen molar-refractivity contribution in [2.24, 2.45) is 0 Å². The predicted molar refractivity (Wildman–Crippen MR) is 61.7 cm³/mol. The Hall–Kier alpha value is -1.94. The lowest BCUT2D eigenvalue weighted by atomic mass is 10.1. The summed E-state index contributed by atoms with van der Waals surface area (Å²) in [6, 6.07) is 11.1. The van der Waals surface area contributed by atoms with Crippen LogP contribution in [-0.4, -0.2) is 15.1 Å². The second-order valence-corrected chi connectivity index (χ2v) is 3.64. The Kier molecular flexibility index (Phi) is 2.83. The zero-order valence-electron chi connectivity index (χ0n) is 8.96. The van der Waals surface area contributed by atoms with E-state index in [2.05, 4.69) is 15.3 Å². The fourth-order valence-corrected chi connectivity index (χ4v) is 1.42. The van der Waals surface area contributed by atoms with E-state index in [1.165, 1.54) is 0 Å². The first-order valence-corrected chi connectivity index (χ1v) is 5.01. The average molecular weight is 215 g/mol. The molecule has 1 aromatic carbocycles. The van der Waals surface area contributed by atoms with Crippen molar-refractivity contribution in [3.8, 4) is 0 Å². The summed E-state index contributed by atoms with van der Waals surface area (Å²) in [5, 5.41) is 13.1. The zero-order chi connectivity index (χ0) is 11.4. The summed E-state index contributed by atoms with van der Waals surface area (Å²) in [5.74, 6) is 0.399.